The van der Waals surface area contributed by atoms with Gasteiger partial charge >= 0.3 is 0 Å². The van der Waals surface area contributed by atoms with Gasteiger partial charge in [0.1, 0.15) is 5.82 Å². The van der Waals surface area contributed by atoms with Crippen LogP contribution in [0.3, 0.4) is 0 Å². The molecule has 1 N–H and O–H groups in total. The zero-order valence-corrected chi connectivity index (χ0v) is 12.3. The number of nitrogens with one attached hydrogen (secondary N) is 1. The largest absolute Gasteiger partial charge is 0.310 e. The zero-order valence-electron chi connectivity index (χ0n) is 12.3. The number of nitrogens with zero attached hydrogens (tertiary/aromatic N) is 2. The summed E-state index contributed by atoms with van der Waals surface area (Å²) in [6.07, 6.45) is 3.51. The number of likely N-dealkylation sites (N-methyl/N-ethyl adjacent to an activating group) is 1. The first kappa shape index (κ1) is 13.2. The maximum atomic E-state index is 13.7. The average molecular weight is 285 g/mol. The molecule has 2 aliphatic rings. The maximum Gasteiger partial charge on any atom is 0.123 e. The van der Waals surface area contributed by atoms with Crippen molar-refractivity contribution in [2.24, 2.45) is 0 Å². The molecular weight excluding hydrogens is 265 g/mol. The predicted molar refractivity (Wildman–Crippen MR) is 81.6 cm³/mol. The highest BCUT2D eigenvalue weighted by Gasteiger charge is 2.24. The number of halogens is 1. The molecule has 0 unspecified atom stereocenters. The van der Waals surface area contributed by atoms with Crippen molar-refractivity contribution in [2.45, 2.75) is 38.4 Å². The monoisotopic (exact) mass is 285 g/mol. The fourth-order valence-electron chi connectivity index (χ4n) is 3.17. The molecule has 1 aromatic carbocycles. The van der Waals surface area contributed by atoms with Crippen molar-refractivity contribution in [1.82, 2.24) is 15.2 Å². The second-order valence-electron chi connectivity index (χ2n) is 6.32. The summed E-state index contributed by atoms with van der Waals surface area (Å²) in [5.41, 5.74) is 4.66. The van der Waals surface area contributed by atoms with E-state index in [1.807, 2.05) is 6.07 Å². The molecule has 0 amide bonds. The second kappa shape index (κ2) is 5.04. The van der Waals surface area contributed by atoms with Crippen LogP contribution in [0, 0.1) is 5.82 Å². The fourth-order valence-corrected chi connectivity index (χ4v) is 3.17. The Labute approximate surface area is 124 Å². The van der Waals surface area contributed by atoms with Crippen LogP contribution in [0.15, 0.2) is 18.2 Å². The van der Waals surface area contributed by atoms with E-state index in [-0.39, 0.29) is 5.82 Å². The lowest BCUT2D eigenvalue weighted by atomic mass is 9.96. The lowest BCUT2D eigenvalue weighted by Crippen LogP contribution is -2.29. The van der Waals surface area contributed by atoms with E-state index in [0.717, 1.165) is 37.0 Å². The first-order valence-corrected chi connectivity index (χ1v) is 7.72. The Hall–Kier alpha value is -1.52. The number of pyridine rings is 1. The molecule has 1 saturated carbocycles. The van der Waals surface area contributed by atoms with Crippen LogP contribution in [0.2, 0.25) is 0 Å². The van der Waals surface area contributed by atoms with Gasteiger partial charge in [-0.2, -0.15) is 0 Å². The van der Waals surface area contributed by atoms with Gasteiger partial charge in [-0.05, 0) is 49.2 Å². The molecular formula is C17H20FN3. The Kier molecular flexibility index (Phi) is 3.16. The summed E-state index contributed by atoms with van der Waals surface area (Å²) >= 11 is 0. The smallest absolute Gasteiger partial charge is 0.123 e. The Morgan fingerprint density at radius 2 is 2.24 bits per heavy atom. The number of benzene rings is 1. The molecule has 21 heavy (non-hydrogen) atoms. The molecule has 1 fully saturated rings. The lowest BCUT2D eigenvalue weighted by Gasteiger charge is -2.27. The van der Waals surface area contributed by atoms with Crippen LogP contribution >= 0.6 is 0 Å². The highest BCUT2D eigenvalue weighted by molar-refractivity contribution is 5.84. The van der Waals surface area contributed by atoms with E-state index in [1.54, 1.807) is 6.07 Å². The Bertz CT molecular complexity index is 694. The predicted octanol–water partition coefficient (Wildman–Crippen LogP) is 2.61. The molecule has 2 aromatic rings. The maximum absolute atomic E-state index is 13.7. The molecule has 4 rings (SSSR count). The van der Waals surface area contributed by atoms with Gasteiger partial charge in [-0.25, -0.2) is 4.39 Å². The van der Waals surface area contributed by atoms with Crippen LogP contribution in [-0.2, 0) is 19.5 Å². The van der Waals surface area contributed by atoms with Crippen LogP contribution < -0.4 is 5.32 Å². The second-order valence-corrected chi connectivity index (χ2v) is 6.32. The van der Waals surface area contributed by atoms with E-state index in [0.29, 0.717) is 6.04 Å². The van der Waals surface area contributed by atoms with Gasteiger partial charge in [0.15, 0.2) is 0 Å². The number of hydrogen-bond acceptors (Lipinski definition) is 3. The van der Waals surface area contributed by atoms with Crippen molar-refractivity contribution in [3.8, 4) is 0 Å². The molecule has 0 spiro atoms. The van der Waals surface area contributed by atoms with E-state index < -0.39 is 0 Å². The summed E-state index contributed by atoms with van der Waals surface area (Å²) in [7, 11) is 2.14. The number of aromatic nitrogens is 1. The van der Waals surface area contributed by atoms with Crippen LogP contribution in [0.5, 0.6) is 0 Å². The summed E-state index contributed by atoms with van der Waals surface area (Å²) in [4.78, 5) is 7.09. The van der Waals surface area contributed by atoms with Crippen molar-refractivity contribution in [1.29, 1.82) is 0 Å². The Morgan fingerprint density at radius 1 is 1.38 bits per heavy atom. The lowest BCUT2D eigenvalue weighted by molar-refractivity contribution is 0.308. The quantitative estimate of drug-likeness (QED) is 0.939. The van der Waals surface area contributed by atoms with Crippen LogP contribution in [0.1, 0.15) is 29.7 Å². The summed E-state index contributed by atoms with van der Waals surface area (Å²) < 4.78 is 13.7. The molecule has 0 saturated heterocycles. The van der Waals surface area contributed by atoms with Gasteiger partial charge in [-0.3, -0.25) is 4.98 Å². The Morgan fingerprint density at radius 3 is 3.05 bits per heavy atom. The van der Waals surface area contributed by atoms with Gasteiger partial charge in [0.2, 0.25) is 0 Å². The first-order chi connectivity index (χ1) is 10.2. The molecule has 1 aromatic heterocycles. The van der Waals surface area contributed by atoms with E-state index >= 15 is 0 Å². The van der Waals surface area contributed by atoms with Gasteiger partial charge in [-0.1, -0.05) is 0 Å². The molecule has 0 atom stereocenters. The number of fused-ring (bicyclic) bond motifs is 2. The SMILES string of the molecule is CN1CCc2nc3ccc(F)cc3c(CNC3CC3)c2C1. The molecule has 3 nitrogen and oxygen atoms in total. The minimum atomic E-state index is -0.180. The van der Waals surface area contributed by atoms with Gasteiger partial charge in [-0.15, -0.1) is 0 Å². The minimum Gasteiger partial charge on any atom is -0.310 e. The molecule has 2 heterocycles. The van der Waals surface area contributed by atoms with Crippen molar-refractivity contribution in [3.63, 3.8) is 0 Å². The number of rotatable bonds is 3. The van der Waals surface area contributed by atoms with Gasteiger partial charge in [0.05, 0.1) is 5.52 Å². The van der Waals surface area contributed by atoms with Crippen LogP contribution in [0.25, 0.3) is 10.9 Å². The fraction of sp³-hybridized carbons (Fsp3) is 0.471. The highest BCUT2D eigenvalue weighted by atomic mass is 19.1. The van der Waals surface area contributed by atoms with E-state index in [9.17, 15) is 4.39 Å². The van der Waals surface area contributed by atoms with E-state index in [4.69, 9.17) is 4.98 Å². The molecule has 1 aliphatic heterocycles. The van der Waals surface area contributed by atoms with Crippen molar-refractivity contribution < 1.29 is 4.39 Å². The van der Waals surface area contributed by atoms with Gasteiger partial charge in [0.25, 0.3) is 0 Å². The van der Waals surface area contributed by atoms with E-state index in [1.165, 1.54) is 35.7 Å². The summed E-state index contributed by atoms with van der Waals surface area (Å²) in [6, 6.07) is 5.61. The van der Waals surface area contributed by atoms with Crippen molar-refractivity contribution in [2.75, 3.05) is 13.6 Å². The molecule has 4 heteroatoms. The first-order valence-electron chi connectivity index (χ1n) is 7.72. The normalized spacial score (nSPS) is 19.0. The van der Waals surface area contributed by atoms with Crippen LogP contribution in [0.4, 0.5) is 4.39 Å². The summed E-state index contributed by atoms with van der Waals surface area (Å²) in [5.74, 6) is -0.180. The topological polar surface area (TPSA) is 28.2 Å². The van der Waals surface area contributed by atoms with E-state index in [2.05, 4.69) is 17.3 Å². The van der Waals surface area contributed by atoms with Crippen LogP contribution in [-0.4, -0.2) is 29.5 Å². The standard InChI is InChI=1S/C17H20FN3/c1-21-7-6-17-15(10-21)14(9-19-12-3-4-12)13-8-11(18)2-5-16(13)20-17/h2,5,8,12,19H,3-4,6-7,9-10H2,1H3. The third kappa shape index (κ3) is 2.54. The molecule has 0 bridgehead atoms. The average Bonchev–Trinajstić information content (AvgIpc) is 3.28. The summed E-state index contributed by atoms with van der Waals surface area (Å²) in [6.45, 7) is 2.78. The minimum absolute atomic E-state index is 0.180. The van der Waals surface area contributed by atoms with Gasteiger partial charge in [0, 0.05) is 43.2 Å². The zero-order chi connectivity index (χ0) is 14.4. The third-order valence-electron chi connectivity index (χ3n) is 4.55. The highest BCUT2D eigenvalue weighted by Crippen LogP contribution is 2.29. The third-order valence-corrected chi connectivity index (χ3v) is 4.55. The molecule has 110 valence electrons. The van der Waals surface area contributed by atoms with Gasteiger partial charge < -0.3 is 10.2 Å². The number of hydrogen-bond donors (Lipinski definition) is 1. The van der Waals surface area contributed by atoms with Crippen molar-refractivity contribution >= 4 is 10.9 Å². The van der Waals surface area contributed by atoms with Crippen molar-refractivity contribution in [3.05, 3.63) is 40.8 Å². The summed E-state index contributed by atoms with van der Waals surface area (Å²) in [5, 5.41) is 4.55. The Balaban J connectivity index is 1.85. The molecule has 0 radical (unpaired) electrons. The molecule has 1 aliphatic carbocycles.